The molecule has 2 unspecified atom stereocenters. The zero-order chi connectivity index (χ0) is 13.2. The van der Waals surface area contributed by atoms with Gasteiger partial charge in [-0.2, -0.15) is 13.2 Å². The van der Waals surface area contributed by atoms with Crippen LogP contribution in [-0.4, -0.2) is 17.4 Å². The van der Waals surface area contributed by atoms with Crippen LogP contribution in [0.1, 0.15) is 37.1 Å². The Hall–Kier alpha value is -1.04. The maximum absolute atomic E-state index is 12.8. The molecule has 0 spiro atoms. The number of nitrogens with one attached hydrogen (secondary N) is 1. The van der Waals surface area contributed by atoms with Crippen LogP contribution in [0.2, 0.25) is 0 Å². The van der Waals surface area contributed by atoms with E-state index >= 15 is 0 Å². The Morgan fingerprint density at radius 3 is 2.72 bits per heavy atom. The van der Waals surface area contributed by atoms with Crippen molar-refractivity contribution in [1.29, 1.82) is 0 Å². The van der Waals surface area contributed by atoms with Crippen LogP contribution in [0.25, 0.3) is 0 Å². The molecule has 2 rings (SSSR count). The van der Waals surface area contributed by atoms with E-state index in [-0.39, 0.29) is 6.42 Å². The molecule has 0 bridgehead atoms. The topological polar surface area (TPSA) is 38.1 Å². The number of hydrogen-bond acceptors (Lipinski definition) is 3. The Morgan fingerprint density at radius 1 is 1.39 bits per heavy atom. The molecule has 6 heteroatoms. The minimum atomic E-state index is -4.12. The summed E-state index contributed by atoms with van der Waals surface area (Å²) in [5, 5.41) is 6.67. The normalized spacial score (nSPS) is 25.3. The summed E-state index contributed by atoms with van der Waals surface area (Å²) in [5.41, 5.74) is 0.739. The lowest BCUT2D eigenvalue weighted by Gasteiger charge is -2.33. The third kappa shape index (κ3) is 3.25. The first kappa shape index (κ1) is 13.4. The number of rotatable bonds is 3. The van der Waals surface area contributed by atoms with E-state index in [1.54, 1.807) is 13.0 Å². The Bertz CT molecular complexity index is 389. The largest absolute Gasteiger partial charge is 0.393 e. The fraction of sp³-hybridized carbons (Fsp3) is 0.750. The summed E-state index contributed by atoms with van der Waals surface area (Å²) in [6.45, 7) is 2.09. The lowest BCUT2D eigenvalue weighted by Crippen LogP contribution is -2.45. The molecule has 3 nitrogen and oxygen atoms in total. The maximum Gasteiger partial charge on any atom is 0.393 e. The van der Waals surface area contributed by atoms with Gasteiger partial charge in [-0.1, -0.05) is 18.0 Å². The highest BCUT2D eigenvalue weighted by molar-refractivity contribution is 5.03. The highest BCUT2D eigenvalue weighted by Gasteiger charge is 2.45. The molecular weight excluding hydrogens is 245 g/mol. The van der Waals surface area contributed by atoms with Crippen molar-refractivity contribution in [2.75, 3.05) is 0 Å². The smallest absolute Gasteiger partial charge is 0.360 e. The average Bonchev–Trinajstić information content (AvgIpc) is 2.72. The molecule has 1 fully saturated rings. The number of nitrogens with zero attached hydrogens (tertiary/aromatic N) is 1. The van der Waals surface area contributed by atoms with E-state index < -0.39 is 18.1 Å². The molecule has 0 aromatic carbocycles. The van der Waals surface area contributed by atoms with Gasteiger partial charge in [0.05, 0.1) is 18.2 Å². The van der Waals surface area contributed by atoms with Gasteiger partial charge in [-0.15, -0.1) is 0 Å². The molecule has 1 aromatic heterocycles. The molecule has 0 aliphatic heterocycles. The lowest BCUT2D eigenvalue weighted by molar-refractivity contribution is -0.189. The molecule has 2 atom stereocenters. The first-order valence-corrected chi connectivity index (χ1v) is 6.19. The zero-order valence-electron chi connectivity index (χ0n) is 10.3. The molecule has 1 heterocycles. The Kier molecular flexibility index (Phi) is 3.94. The van der Waals surface area contributed by atoms with Crippen molar-refractivity contribution in [3.05, 3.63) is 17.5 Å². The zero-order valence-corrected chi connectivity index (χ0v) is 10.3. The van der Waals surface area contributed by atoms with Crippen LogP contribution in [0.4, 0.5) is 13.2 Å². The van der Waals surface area contributed by atoms with Crippen LogP contribution in [0.5, 0.6) is 0 Å². The quantitative estimate of drug-likeness (QED) is 0.909. The van der Waals surface area contributed by atoms with Crippen LogP contribution < -0.4 is 5.32 Å². The number of hydrogen-bond donors (Lipinski definition) is 1. The third-order valence-corrected chi connectivity index (χ3v) is 3.40. The summed E-state index contributed by atoms with van der Waals surface area (Å²) in [4.78, 5) is 0. The summed E-state index contributed by atoms with van der Waals surface area (Å²) in [5.74, 6) is -0.658. The maximum atomic E-state index is 12.8. The Balaban J connectivity index is 1.93. The highest BCUT2D eigenvalue weighted by Crippen LogP contribution is 2.37. The van der Waals surface area contributed by atoms with Gasteiger partial charge in [0.25, 0.3) is 0 Å². The molecule has 1 aliphatic carbocycles. The summed E-state index contributed by atoms with van der Waals surface area (Å²) in [6.07, 6.45) is -1.83. The van der Waals surface area contributed by atoms with Crippen molar-refractivity contribution in [2.45, 2.75) is 51.4 Å². The van der Waals surface area contributed by atoms with Crippen LogP contribution >= 0.6 is 0 Å². The summed E-state index contributed by atoms with van der Waals surface area (Å²) in [6, 6.07) is 1.22. The standard InChI is InChI=1S/C12H17F3N2O/c1-8-6-9(18-17-8)7-16-11-5-3-2-4-10(11)12(13,14)15/h6,10-11,16H,2-5,7H2,1H3. The average molecular weight is 262 g/mol. The predicted octanol–water partition coefficient (Wildman–Crippen LogP) is 3.19. The second-order valence-electron chi connectivity index (χ2n) is 4.85. The second kappa shape index (κ2) is 5.30. The van der Waals surface area contributed by atoms with E-state index in [0.717, 1.165) is 12.1 Å². The van der Waals surface area contributed by atoms with Crippen molar-refractivity contribution in [3.63, 3.8) is 0 Å². The Labute approximate surface area is 104 Å². The molecule has 1 N–H and O–H groups in total. The molecule has 18 heavy (non-hydrogen) atoms. The van der Waals surface area contributed by atoms with Gasteiger partial charge in [-0.25, -0.2) is 0 Å². The van der Waals surface area contributed by atoms with Gasteiger partial charge >= 0.3 is 6.18 Å². The molecule has 102 valence electrons. The van der Waals surface area contributed by atoms with Crippen molar-refractivity contribution in [1.82, 2.24) is 10.5 Å². The van der Waals surface area contributed by atoms with Crippen molar-refractivity contribution < 1.29 is 17.7 Å². The molecule has 0 radical (unpaired) electrons. The highest BCUT2D eigenvalue weighted by atomic mass is 19.4. The molecule has 0 amide bonds. The summed E-state index contributed by atoms with van der Waals surface area (Å²) in [7, 11) is 0. The van der Waals surface area contributed by atoms with Gasteiger partial charge in [-0.3, -0.25) is 0 Å². The van der Waals surface area contributed by atoms with Crippen molar-refractivity contribution >= 4 is 0 Å². The molecular formula is C12H17F3N2O. The summed E-state index contributed by atoms with van der Waals surface area (Å²) >= 11 is 0. The Morgan fingerprint density at radius 2 is 2.11 bits per heavy atom. The van der Waals surface area contributed by atoms with Crippen molar-refractivity contribution in [3.8, 4) is 0 Å². The van der Waals surface area contributed by atoms with Crippen LogP contribution in [-0.2, 0) is 6.54 Å². The summed E-state index contributed by atoms with van der Waals surface area (Å²) < 4.78 is 43.5. The third-order valence-electron chi connectivity index (χ3n) is 3.40. The molecule has 1 saturated carbocycles. The van der Waals surface area contributed by atoms with E-state index in [4.69, 9.17) is 4.52 Å². The van der Waals surface area contributed by atoms with E-state index in [2.05, 4.69) is 10.5 Å². The van der Waals surface area contributed by atoms with Crippen LogP contribution in [0.15, 0.2) is 10.6 Å². The number of alkyl halides is 3. The fourth-order valence-corrected chi connectivity index (χ4v) is 2.50. The van der Waals surface area contributed by atoms with E-state index in [0.29, 0.717) is 25.1 Å². The van der Waals surface area contributed by atoms with E-state index in [1.165, 1.54) is 0 Å². The van der Waals surface area contributed by atoms with E-state index in [1.807, 2.05) is 0 Å². The van der Waals surface area contributed by atoms with Gasteiger partial charge in [0, 0.05) is 12.1 Å². The monoisotopic (exact) mass is 262 g/mol. The van der Waals surface area contributed by atoms with Gasteiger partial charge in [0.15, 0.2) is 5.76 Å². The number of halogens is 3. The van der Waals surface area contributed by atoms with E-state index in [9.17, 15) is 13.2 Å². The molecule has 1 aromatic rings. The first-order chi connectivity index (χ1) is 8.47. The van der Waals surface area contributed by atoms with Gasteiger partial charge in [-0.05, 0) is 19.8 Å². The lowest BCUT2D eigenvalue weighted by atomic mass is 9.84. The molecule has 1 aliphatic rings. The van der Waals surface area contributed by atoms with Gasteiger partial charge < -0.3 is 9.84 Å². The minimum absolute atomic E-state index is 0.219. The number of aryl methyl sites for hydroxylation is 1. The SMILES string of the molecule is Cc1cc(CNC2CCCCC2C(F)(F)F)on1. The minimum Gasteiger partial charge on any atom is -0.360 e. The molecule has 0 saturated heterocycles. The number of aromatic nitrogens is 1. The van der Waals surface area contributed by atoms with Crippen molar-refractivity contribution in [2.24, 2.45) is 5.92 Å². The van der Waals surface area contributed by atoms with Crippen LogP contribution in [0, 0.1) is 12.8 Å². The first-order valence-electron chi connectivity index (χ1n) is 6.19. The fourth-order valence-electron chi connectivity index (χ4n) is 2.50. The van der Waals surface area contributed by atoms with Gasteiger partial charge in [0.2, 0.25) is 0 Å². The second-order valence-corrected chi connectivity index (χ2v) is 4.85. The predicted molar refractivity (Wildman–Crippen MR) is 59.9 cm³/mol. The van der Waals surface area contributed by atoms with Crippen LogP contribution in [0.3, 0.4) is 0 Å². The van der Waals surface area contributed by atoms with Gasteiger partial charge in [0.1, 0.15) is 0 Å².